The van der Waals surface area contributed by atoms with Crippen LogP contribution in [0.2, 0.25) is 0 Å². The van der Waals surface area contributed by atoms with Gasteiger partial charge in [-0.05, 0) is 44.7 Å². The molecule has 17 heavy (non-hydrogen) atoms. The molecule has 0 radical (unpaired) electrons. The van der Waals surface area contributed by atoms with E-state index < -0.39 is 0 Å². The quantitative estimate of drug-likeness (QED) is 0.816. The average molecular weight is 231 g/mol. The van der Waals surface area contributed by atoms with Crippen LogP contribution in [0.15, 0.2) is 12.1 Å². The fraction of sp³-hybridized carbons (Fsp3) is 0.538. The standard InChI is InChI=1S/C13H17N3O/c1-9-6-10(8-14)7-13(15-9)16-11-2-4-12(17)5-3-11/h6-7,11-12,17H,2-5H2,1H3,(H,15,16). The highest BCUT2D eigenvalue weighted by molar-refractivity contribution is 5.45. The SMILES string of the molecule is Cc1cc(C#N)cc(NC2CCC(O)CC2)n1. The topological polar surface area (TPSA) is 68.9 Å². The zero-order valence-corrected chi connectivity index (χ0v) is 9.98. The Hall–Kier alpha value is -1.60. The Labute approximate surface area is 101 Å². The van der Waals surface area contributed by atoms with Crippen molar-refractivity contribution >= 4 is 5.82 Å². The molecule has 1 aliphatic carbocycles. The number of pyridine rings is 1. The Morgan fingerprint density at radius 3 is 2.71 bits per heavy atom. The third kappa shape index (κ3) is 3.18. The molecular formula is C13H17N3O. The molecule has 0 amide bonds. The van der Waals surface area contributed by atoms with Crippen LogP contribution in [0, 0.1) is 18.3 Å². The molecule has 0 aliphatic heterocycles. The van der Waals surface area contributed by atoms with E-state index in [1.54, 1.807) is 12.1 Å². The number of aromatic nitrogens is 1. The molecule has 0 bridgehead atoms. The van der Waals surface area contributed by atoms with Crippen molar-refractivity contribution in [2.24, 2.45) is 0 Å². The second-order valence-corrected chi connectivity index (χ2v) is 4.64. The van der Waals surface area contributed by atoms with Gasteiger partial charge in [-0.2, -0.15) is 5.26 Å². The van der Waals surface area contributed by atoms with Crippen LogP contribution in [0.25, 0.3) is 0 Å². The van der Waals surface area contributed by atoms with Gasteiger partial charge in [0.2, 0.25) is 0 Å². The van der Waals surface area contributed by atoms with Gasteiger partial charge in [-0.1, -0.05) is 0 Å². The first kappa shape index (κ1) is 11.9. The van der Waals surface area contributed by atoms with Crippen LogP contribution in [0.3, 0.4) is 0 Å². The van der Waals surface area contributed by atoms with Crippen molar-refractivity contribution in [2.75, 3.05) is 5.32 Å². The van der Waals surface area contributed by atoms with E-state index in [9.17, 15) is 5.11 Å². The molecular weight excluding hydrogens is 214 g/mol. The van der Waals surface area contributed by atoms with Crippen molar-refractivity contribution in [3.05, 3.63) is 23.4 Å². The summed E-state index contributed by atoms with van der Waals surface area (Å²) in [7, 11) is 0. The van der Waals surface area contributed by atoms with Crippen LogP contribution in [0.1, 0.15) is 36.9 Å². The van der Waals surface area contributed by atoms with Gasteiger partial charge in [-0.25, -0.2) is 4.98 Å². The Morgan fingerprint density at radius 1 is 1.35 bits per heavy atom. The van der Waals surface area contributed by atoms with E-state index in [0.717, 1.165) is 37.2 Å². The summed E-state index contributed by atoms with van der Waals surface area (Å²) in [6.45, 7) is 1.89. The molecule has 2 rings (SSSR count). The first-order valence-electron chi connectivity index (χ1n) is 6.01. The molecule has 2 N–H and O–H groups in total. The lowest BCUT2D eigenvalue weighted by Gasteiger charge is -2.26. The summed E-state index contributed by atoms with van der Waals surface area (Å²) in [6.07, 6.45) is 3.45. The van der Waals surface area contributed by atoms with E-state index in [4.69, 9.17) is 5.26 Å². The fourth-order valence-electron chi connectivity index (χ4n) is 2.24. The summed E-state index contributed by atoms with van der Waals surface area (Å²) in [5.74, 6) is 0.767. The number of hydrogen-bond donors (Lipinski definition) is 2. The van der Waals surface area contributed by atoms with Crippen molar-refractivity contribution < 1.29 is 5.11 Å². The fourth-order valence-corrected chi connectivity index (χ4v) is 2.24. The number of aliphatic hydroxyl groups is 1. The molecule has 4 nitrogen and oxygen atoms in total. The van der Waals surface area contributed by atoms with Crippen LogP contribution in [0.4, 0.5) is 5.82 Å². The van der Waals surface area contributed by atoms with Crippen LogP contribution in [-0.4, -0.2) is 22.2 Å². The minimum Gasteiger partial charge on any atom is -0.393 e. The maximum Gasteiger partial charge on any atom is 0.127 e. The van der Waals surface area contributed by atoms with Gasteiger partial charge in [-0.15, -0.1) is 0 Å². The molecule has 1 aromatic rings. The molecule has 4 heteroatoms. The second-order valence-electron chi connectivity index (χ2n) is 4.64. The molecule has 1 aromatic heterocycles. The van der Waals surface area contributed by atoms with Gasteiger partial charge >= 0.3 is 0 Å². The molecule has 90 valence electrons. The van der Waals surface area contributed by atoms with Gasteiger partial charge in [0.25, 0.3) is 0 Å². The molecule has 1 aliphatic rings. The van der Waals surface area contributed by atoms with E-state index in [-0.39, 0.29) is 6.10 Å². The molecule has 0 aromatic carbocycles. The minimum atomic E-state index is -0.145. The summed E-state index contributed by atoms with van der Waals surface area (Å²) in [4.78, 5) is 4.37. The minimum absolute atomic E-state index is 0.145. The number of rotatable bonds is 2. The van der Waals surface area contributed by atoms with Crippen molar-refractivity contribution in [1.82, 2.24) is 4.98 Å². The number of nitrogens with zero attached hydrogens (tertiary/aromatic N) is 2. The first-order chi connectivity index (χ1) is 8.17. The van der Waals surface area contributed by atoms with E-state index in [2.05, 4.69) is 16.4 Å². The van der Waals surface area contributed by atoms with E-state index in [0.29, 0.717) is 11.6 Å². The molecule has 0 unspecified atom stereocenters. The summed E-state index contributed by atoms with van der Waals surface area (Å²) >= 11 is 0. The lowest BCUT2D eigenvalue weighted by molar-refractivity contribution is 0.126. The van der Waals surface area contributed by atoms with Gasteiger partial charge in [0, 0.05) is 11.7 Å². The van der Waals surface area contributed by atoms with Crippen molar-refractivity contribution in [3.8, 4) is 6.07 Å². The average Bonchev–Trinajstić information content (AvgIpc) is 2.31. The molecule has 0 atom stereocenters. The number of nitrogens with one attached hydrogen (secondary N) is 1. The van der Waals surface area contributed by atoms with Crippen LogP contribution < -0.4 is 5.32 Å². The lowest BCUT2D eigenvalue weighted by atomic mass is 9.93. The van der Waals surface area contributed by atoms with Crippen LogP contribution in [0.5, 0.6) is 0 Å². The number of hydrogen-bond acceptors (Lipinski definition) is 4. The summed E-state index contributed by atoms with van der Waals surface area (Å²) in [5, 5.41) is 21.7. The molecule has 1 fully saturated rings. The molecule has 1 heterocycles. The molecule has 0 saturated heterocycles. The Bertz CT molecular complexity index is 431. The zero-order chi connectivity index (χ0) is 12.3. The Balaban J connectivity index is 2.03. The third-order valence-electron chi connectivity index (χ3n) is 3.13. The maximum atomic E-state index is 9.43. The summed E-state index contributed by atoms with van der Waals surface area (Å²) in [5.41, 5.74) is 1.48. The molecule has 1 saturated carbocycles. The first-order valence-corrected chi connectivity index (χ1v) is 6.01. The highest BCUT2D eigenvalue weighted by Gasteiger charge is 2.19. The number of anilines is 1. The monoisotopic (exact) mass is 231 g/mol. The van der Waals surface area contributed by atoms with Crippen molar-refractivity contribution in [3.63, 3.8) is 0 Å². The highest BCUT2D eigenvalue weighted by Crippen LogP contribution is 2.21. The number of nitriles is 1. The predicted octanol–water partition coefficient (Wildman–Crippen LogP) is 1.98. The van der Waals surface area contributed by atoms with E-state index in [1.165, 1.54) is 0 Å². The Morgan fingerprint density at radius 2 is 2.06 bits per heavy atom. The smallest absolute Gasteiger partial charge is 0.127 e. The van der Waals surface area contributed by atoms with Gasteiger partial charge in [0.15, 0.2) is 0 Å². The van der Waals surface area contributed by atoms with Crippen molar-refractivity contribution in [1.29, 1.82) is 5.26 Å². The second kappa shape index (κ2) is 5.15. The normalized spacial score (nSPS) is 24.1. The van der Waals surface area contributed by atoms with Gasteiger partial charge in [-0.3, -0.25) is 0 Å². The Kier molecular flexibility index (Phi) is 3.60. The van der Waals surface area contributed by atoms with Gasteiger partial charge in [0.05, 0.1) is 17.7 Å². The number of aryl methyl sites for hydroxylation is 1. The van der Waals surface area contributed by atoms with Gasteiger partial charge in [0.1, 0.15) is 5.82 Å². The summed E-state index contributed by atoms with van der Waals surface area (Å²) in [6, 6.07) is 6.04. The van der Waals surface area contributed by atoms with Crippen molar-refractivity contribution in [2.45, 2.75) is 44.8 Å². The number of aliphatic hydroxyl groups excluding tert-OH is 1. The van der Waals surface area contributed by atoms with E-state index in [1.807, 2.05) is 6.92 Å². The van der Waals surface area contributed by atoms with Crippen LogP contribution >= 0.6 is 0 Å². The zero-order valence-electron chi connectivity index (χ0n) is 9.98. The van der Waals surface area contributed by atoms with E-state index >= 15 is 0 Å². The summed E-state index contributed by atoms with van der Waals surface area (Å²) < 4.78 is 0. The maximum absolute atomic E-state index is 9.43. The predicted molar refractivity (Wildman–Crippen MR) is 65.6 cm³/mol. The lowest BCUT2D eigenvalue weighted by Crippen LogP contribution is -2.28. The highest BCUT2D eigenvalue weighted by atomic mass is 16.3. The van der Waals surface area contributed by atoms with Crippen LogP contribution in [-0.2, 0) is 0 Å². The van der Waals surface area contributed by atoms with Gasteiger partial charge < -0.3 is 10.4 Å². The molecule has 0 spiro atoms. The third-order valence-corrected chi connectivity index (χ3v) is 3.13. The largest absolute Gasteiger partial charge is 0.393 e.